The molecule has 0 radical (unpaired) electrons. The third kappa shape index (κ3) is 3.77. The predicted octanol–water partition coefficient (Wildman–Crippen LogP) is 5.11. The van der Waals surface area contributed by atoms with Crippen LogP contribution >= 0.6 is 43.5 Å². The van der Waals surface area contributed by atoms with Crippen molar-refractivity contribution in [3.63, 3.8) is 0 Å². The molecule has 2 rings (SSSR count). The van der Waals surface area contributed by atoms with Crippen molar-refractivity contribution in [2.24, 2.45) is 0 Å². The second kappa shape index (κ2) is 6.24. The summed E-state index contributed by atoms with van der Waals surface area (Å²) >= 11 is 12.1. The molecular weight excluding hydrogens is 448 g/mol. The van der Waals surface area contributed by atoms with Gasteiger partial charge in [-0.1, -0.05) is 11.6 Å². The van der Waals surface area contributed by atoms with Crippen molar-refractivity contribution < 1.29 is 12.8 Å². The van der Waals surface area contributed by atoms with E-state index in [0.717, 1.165) is 0 Å². The molecule has 0 amide bonds. The quantitative estimate of drug-likeness (QED) is 0.696. The number of hydrogen-bond donors (Lipinski definition) is 1. The van der Waals surface area contributed by atoms with Crippen LogP contribution < -0.4 is 4.72 Å². The van der Waals surface area contributed by atoms with Crippen LogP contribution in [0.25, 0.3) is 0 Å². The lowest BCUT2D eigenvalue weighted by Gasteiger charge is -2.12. The van der Waals surface area contributed by atoms with Crippen molar-refractivity contribution >= 4 is 59.2 Å². The molecule has 2 aromatic carbocycles. The minimum absolute atomic E-state index is 0.0543. The standard InChI is InChI=1S/C13H9Br2ClFNO2S/c1-7-4-12(17)10(15)6-13(7)18-21(19,20)8-2-3-11(16)9(14)5-8/h2-6,18H,1H3. The van der Waals surface area contributed by atoms with Crippen molar-refractivity contribution in [3.8, 4) is 0 Å². The van der Waals surface area contributed by atoms with Crippen LogP contribution in [-0.4, -0.2) is 8.42 Å². The van der Waals surface area contributed by atoms with Crippen LogP contribution in [0, 0.1) is 12.7 Å². The fourth-order valence-corrected chi connectivity index (χ4v) is 3.74. The maximum Gasteiger partial charge on any atom is 0.261 e. The monoisotopic (exact) mass is 455 g/mol. The second-order valence-electron chi connectivity index (χ2n) is 4.26. The van der Waals surface area contributed by atoms with Gasteiger partial charge in [-0.3, -0.25) is 4.72 Å². The van der Waals surface area contributed by atoms with Crippen LogP contribution in [0.5, 0.6) is 0 Å². The molecular formula is C13H9Br2ClFNO2S. The first-order chi connectivity index (χ1) is 9.70. The fourth-order valence-electron chi connectivity index (χ4n) is 1.60. The summed E-state index contributed by atoms with van der Waals surface area (Å²) in [7, 11) is -3.79. The summed E-state index contributed by atoms with van der Waals surface area (Å²) in [6.07, 6.45) is 0. The number of aryl methyl sites for hydroxylation is 1. The Kier molecular flexibility index (Phi) is 4.97. The Bertz CT molecular complexity index is 812. The summed E-state index contributed by atoms with van der Waals surface area (Å²) < 4.78 is 41.1. The lowest BCUT2D eigenvalue weighted by atomic mass is 10.2. The summed E-state index contributed by atoms with van der Waals surface area (Å²) in [5, 5.41) is 0.412. The highest BCUT2D eigenvalue weighted by Gasteiger charge is 2.17. The molecule has 0 bridgehead atoms. The van der Waals surface area contributed by atoms with Gasteiger partial charge >= 0.3 is 0 Å². The average Bonchev–Trinajstić information content (AvgIpc) is 2.39. The molecule has 0 unspecified atom stereocenters. The Morgan fingerprint density at radius 3 is 2.43 bits per heavy atom. The first-order valence-electron chi connectivity index (χ1n) is 5.64. The van der Waals surface area contributed by atoms with Crippen molar-refractivity contribution in [1.29, 1.82) is 0 Å². The van der Waals surface area contributed by atoms with Crippen molar-refractivity contribution in [3.05, 3.63) is 55.7 Å². The van der Waals surface area contributed by atoms with E-state index in [9.17, 15) is 12.8 Å². The highest BCUT2D eigenvalue weighted by Crippen LogP contribution is 2.29. The molecule has 0 saturated heterocycles. The first kappa shape index (κ1) is 16.7. The molecule has 0 aliphatic rings. The van der Waals surface area contributed by atoms with Crippen LogP contribution in [-0.2, 0) is 10.0 Å². The van der Waals surface area contributed by atoms with Crippen molar-refractivity contribution in [2.45, 2.75) is 11.8 Å². The zero-order valence-electron chi connectivity index (χ0n) is 10.6. The SMILES string of the molecule is Cc1cc(F)c(Br)cc1NS(=O)(=O)c1ccc(Cl)c(Br)c1. The molecule has 3 nitrogen and oxygen atoms in total. The van der Waals surface area contributed by atoms with Crippen molar-refractivity contribution in [2.75, 3.05) is 4.72 Å². The highest BCUT2D eigenvalue weighted by molar-refractivity contribution is 9.10. The Labute approximate surface area is 143 Å². The molecule has 0 spiro atoms. The third-order valence-corrected chi connectivity index (χ3v) is 5.90. The van der Waals surface area contributed by atoms with E-state index >= 15 is 0 Å². The Morgan fingerprint density at radius 1 is 1.14 bits per heavy atom. The molecule has 0 fully saturated rings. The molecule has 112 valence electrons. The van der Waals surface area contributed by atoms with Crippen LogP contribution in [0.3, 0.4) is 0 Å². The number of nitrogens with one attached hydrogen (secondary N) is 1. The van der Waals surface area contributed by atoms with E-state index in [2.05, 4.69) is 36.6 Å². The van der Waals surface area contributed by atoms with Gasteiger partial charge in [0.05, 0.1) is 20.1 Å². The van der Waals surface area contributed by atoms with Gasteiger partial charge in [-0.15, -0.1) is 0 Å². The number of anilines is 1. The maximum atomic E-state index is 13.4. The molecule has 0 atom stereocenters. The molecule has 21 heavy (non-hydrogen) atoms. The summed E-state index contributed by atoms with van der Waals surface area (Å²) in [5.74, 6) is -0.454. The Balaban J connectivity index is 2.42. The zero-order chi connectivity index (χ0) is 15.8. The summed E-state index contributed by atoms with van der Waals surface area (Å²) in [4.78, 5) is 0.0543. The van der Waals surface area contributed by atoms with Crippen molar-refractivity contribution in [1.82, 2.24) is 0 Å². The van der Waals surface area contributed by atoms with Gasteiger partial charge in [0.2, 0.25) is 0 Å². The van der Waals surface area contributed by atoms with E-state index in [0.29, 0.717) is 20.7 Å². The fraction of sp³-hybridized carbons (Fsp3) is 0.0769. The van der Waals surface area contributed by atoms with Crippen LogP contribution in [0.2, 0.25) is 5.02 Å². The molecule has 0 aliphatic heterocycles. The van der Waals surface area contributed by atoms with E-state index in [1.807, 2.05) is 0 Å². The van der Waals surface area contributed by atoms with E-state index in [4.69, 9.17) is 11.6 Å². The zero-order valence-corrected chi connectivity index (χ0v) is 15.4. The third-order valence-electron chi connectivity index (χ3n) is 2.71. The number of benzene rings is 2. The minimum atomic E-state index is -3.79. The van der Waals surface area contributed by atoms with E-state index in [1.165, 1.54) is 30.3 Å². The molecule has 1 N–H and O–H groups in total. The molecule has 8 heteroatoms. The average molecular weight is 458 g/mol. The van der Waals surface area contributed by atoms with Gasteiger partial charge in [0.1, 0.15) is 5.82 Å². The first-order valence-corrected chi connectivity index (χ1v) is 9.09. The van der Waals surface area contributed by atoms with Gasteiger partial charge in [-0.25, -0.2) is 12.8 Å². The Morgan fingerprint density at radius 2 is 1.81 bits per heavy atom. The second-order valence-corrected chi connectivity index (χ2v) is 8.06. The molecule has 0 aliphatic carbocycles. The van der Waals surface area contributed by atoms with Crippen LogP contribution in [0.1, 0.15) is 5.56 Å². The van der Waals surface area contributed by atoms with Gasteiger partial charge in [0, 0.05) is 4.47 Å². The number of hydrogen-bond acceptors (Lipinski definition) is 2. The van der Waals surface area contributed by atoms with E-state index in [1.54, 1.807) is 6.92 Å². The summed E-state index contributed by atoms with van der Waals surface area (Å²) in [5.41, 5.74) is 0.779. The Hall–Kier alpha value is -0.630. The minimum Gasteiger partial charge on any atom is -0.279 e. The molecule has 0 aromatic heterocycles. The largest absolute Gasteiger partial charge is 0.279 e. The van der Waals surface area contributed by atoms with Gasteiger partial charge in [-0.2, -0.15) is 0 Å². The number of sulfonamides is 1. The topological polar surface area (TPSA) is 46.2 Å². The van der Waals surface area contributed by atoms with Gasteiger partial charge < -0.3 is 0 Å². The number of rotatable bonds is 3. The maximum absolute atomic E-state index is 13.4. The van der Waals surface area contributed by atoms with Gasteiger partial charge in [0.15, 0.2) is 0 Å². The van der Waals surface area contributed by atoms with Crippen LogP contribution in [0.4, 0.5) is 10.1 Å². The number of halogens is 4. The highest BCUT2D eigenvalue weighted by atomic mass is 79.9. The van der Waals surface area contributed by atoms with Gasteiger partial charge in [-0.05, 0) is 74.7 Å². The normalized spacial score (nSPS) is 11.5. The molecule has 0 saturated carbocycles. The van der Waals surface area contributed by atoms with E-state index < -0.39 is 15.8 Å². The van der Waals surface area contributed by atoms with Gasteiger partial charge in [0.25, 0.3) is 10.0 Å². The smallest absolute Gasteiger partial charge is 0.261 e. The lowest BCUT2D eigenvalue weighted by Crippen LogP contribution is -2.14. The lowest BCUT2D eigenvalue weighted by molar-refractivity contribution is 0.600. The van der Waals surface area contributed by atoms with E-state index in [-0.39, 0.29) is 9.37 Å². The summed E-state index contributed by atoms with van der Waals surface area (Å²) in [6, 6.07) is 6.91. The molecule has 0 heterocycles. The molecule has 2 aromatic rings. The van der Waals surface area contributed by atoms with Crippen LogP contribution in [0.15, 0.2) is 44.2 Å². The predicted molar refractivity (Wildman–Crippen MR) is 88.8 cm³/mol. The summed E-state index contributed by atoms with van der Waals surface area (Å²) in [6.45, 7) is 1.62.